The molecule has 6 heteroatoms. The van der Waals surface area contributed by atoms with Crippen LogP contribution < -0.4 is 5.73 Å². The highest BCUT2D eigenvalue weighted by molar-refractivity contribution is 6.69. The topological polar surface area (TPSA) is 66.9 Å². The molecule has 0 aliphatic heterocycles. The highest BCUT2D eigenvalue weighted by Gasteiger charge is 2.28. The summed E-state index contributed by atoms with van der Waals surface area (Å²) >= 11 is 16.0. The third-order valence-corrected chi connectivity index (χ3v) is 1.65. The van der Waals surface area contributed by atoms with E-state index in [9.17, 15) is 4.79 Å². The Kier molecular flexibility index (Phi) is 3.85. The molecule has 12 heavy (non-hydrogen) atoms. The molecule has 3 nitrogen and oxygen atoms in total. The minimum atomic E-state index is -1.91. The molecule has 0 radical (unpaired) electrons. The van der Waals surface area contributed by atoms with Gasteiger partial charge < -0.3 is 5.73 Å². The van der Waals surface area contributed by atoms with Gasteiger partial charge in [0.15, 0.2) is 5.78 Å². The number of nitrogens with zero attached hydrogens (tertiary/aromatic N) is 1. The second-order valence-electron chi connectivity index (χ2n) is 1.95. The number of allylic oxidation sites excluding steroid dienone is 2. The van der Waals surface area contributed by atoms with Crippen molar-refractivity contribution in [3.05, 3.63) is 11.3 Å². The molecule has 0 aliphatic rings. The SMILES string of the molecule is CC(=O)/C(C#N)=C(\N)C(Cl)(Cl)Cl. The van der Waals surface area contributed by atoms with E-state index < -0.39 is 9.58 Å². The quantitative estimate of drug-likeness (QED) is 0.421. The molecule has 0 aromatic rings. The number of Topliss-reactive ketones (excluding diaryl/α,β-unsaturated/α-hetero) is 1. The van der Waals surface area contributed by atoms with Crippen molar-refractivity contribution in [3.63, 3.8) is 0 Å². The Morgan fingerprint density at radius 2 is 1.92 bits per heavy atom. The Hall–Kier alpha value is -0.430. The summed E-state index contributed by atoms with van der Waals surface area (Å²) in [6, 6.07) is 1.56. The second kappa shape index (κ2) is 3.99. The van der Waals surface area contributed by atoms with E-state index in [2.05, 4.69) is 0 Å². The van der Waals surface area contributed by atoms with Gasteiger partial charge in [0.2, 0.25) is 3.79 Å². The Morgan fingerprint density at radius 3 is 2.00 bits per heavy atom. The highest BCUT2D eigenvalue weighted by Crippen LogP contribution is 2.33. The van der Waals surface area contributed by atoms with Gasteiger partial charge in [-0.05, 0) is 6.92 Å². The highest BCUT2D eigenvalue weighted by atomic mass is 35.6. The summed E-state index contributed by atoms with van der Waals surface area (Å²) in [7, 11) is 0. The normalized spacial score (nSPS) is 13.2. The lowest BCUT2D eigenvalue weighted by molar-refractivity contribution is -0.113. The first kappa shape index (κ1) is 11.6. The molecule has 2 N–H and O–H groups in total. The smallest absolute Gasteiger partial charge is 0.231 e. The first-order chi connectivity index (χ1) is 5.30. The number of carbonyl (C=O) groups excluding carboxylic acids is 1. The fourth-order valence-electron chi connectivity index (χ4n) is 0.470. The molecule has 0 heterocycles. The molecule has 0 spiro atoms. The van der Waals surface area contributed by atoms with Crippen LogP contribution in [0.2, 0.25) is 0 Å². The van der Waals surface area contributed by atoms with Gasteiger partial charge in [0.25, 0.3) is 0 Å². The van der Waals surface area contributed by atoms with E-state index >= 15 is 0 Å². The lowest BCUT2D eigenvalue weighted by Gasteiger charge is -2.11. The molecule has 0 aromatic heterocycles. The number of halogens is 3. The van der Waals surface area contributed by atoms with Crippen molar-refractivity contribution in [2.45, 2.75) is 10.7 Å². The number of nitriles is 1. The van der Waals surface area contributed by atoms with Gasteiger partial charge in [-0.1, -0.05) is 34.8 Å². The van der Waals surface area contributed by atoms with Crippen LogP contribution in [0, 0.1) is 11.3 Å². The Labute approximate surface area is 84.7 Å². The van der Waals surface area contributed by atoms with Gasteiger partial charge in [-0.15, -0.1) is 0 Å². The van der Waals surface area contributed by atoms with Crippen LogP contribution in [0.5, 0.6) is 0 Å². The number of carbonyl (C=O) groups is 1. The zero-order chi connectivity index (χ0) is 9.94. The van der Waals surface area contributed by atoms with Crippen LogP contribution in [-0.2, 0) is 4.79 Å². The van der Waals surface area contributed by atoms with Gasteiger partial charge in [0.1, 0.15) is 11.6 Å². The van der Waals surface area contributed by atoms with E-state index in [1.165, 1.54) is 6.92 Å². The van der Waals surface area contributed by atoms with Crippen molar-refractivity contribution >= 4 is 40.6 Å². The Morgan fingerprint density at radius 1 is 1.50 bits per heavy atom. The maximum Gasteiger partial charge on any atom is 0.231 e. The summed E-state index contributed by atoms with van der Waals surface area (Å²) in [4.78, 5) is 10.7. The van der Waals surface area contributed by atoms with Crippen LogP contribution in [0.4, 0.5) is 0 Å². The van der Waals surface area contributed by atoms with Crippen molar-refractivity contribution in [2.75, 3.05) is 0 Å². The summed E-state index contributed by atoms with van der Waals surface area (Å²) in [5.41, 5.74) is 4.58. The van der Waals surface area contributed by atoms with Crippen LogP contribution in [0.3, 0.4) is 0 Å². The summed E-state index contributed by atoms with van der Waals surface area (Å²) in [6.45, 7) is 1.17. The maximum absolute atomic E-state index is 10.7. The summed E-state index contributed by atoms with van der Waals surface area (Å²) in [5, 5.41) is 8.45. The average molecular weight is 227 g/mol. The third-order valence-electron chi connectivity index (χ3n) is 1.04. The lowest BCUT2D eigenvalue weighted by atomic mass is 10.2. The van der Waals surface area contributed by atoms with Crippen LogP contribution in [-0.4, -0.2) is 9.58 Å². The standard InChI is InChI=1S/C6H5Cl3N2O/c1-3(12)4(2-10)5(11)6(7,8)9/h11H2,1H3/b5-4-. The first-order valence-corrected chi connectivity index (χ1v) is 3.92. The van der Waals surface area contributed by atoms with Crippen LogP contribution in [0.15, 0.2) is 11.3 Å². The number of hydrogen-bond donors (Lipinski definition) is 1. The van der Waals surface area contributed by atoms with Crippen molar-refractivity contribution in [2.24, 2.45) is 5.73 Å². The van der Waals surface area contributed by atoms with Crippen LogP contribution >= 0.6 is 34.8 Å². The number of rotatable bonds is 1. The molecule has 0 amide bonds. The molecule has 0 atom stereocenters. The third kappa shape index (κ3) is 2.90. The first-order valence-electron chi connectivity index (χ1n) is 2.78. The van der Waals surface area contributed by atoms with E-state index in [4.69, 9.17) is 45.8 Å². The Bertz CT molecular complexity index is 271. The van der Waals surface area contributed by atoms with E-state index in [-0.39, 0.29) is 11.3 Å². The van der Waals surface area contributed by atoms with Crippen molar-refractivity contribution in [3.8, 4) is 6.07 Å². The second-order valence-corrected chi connectivity index (χ2v) is 4.24. The predicted molar refractivity (Wildman–Crippen MR) is 47.8 cm³/mol. The number of hydrogen-bond acceptors (Lipinski definition) is 3. The predicted octanol–water partition coefficient (Wildman–Crippen LogP) is 1.68. The summed E-state index contributed by atoms with van der Waals surface area (Å²) in [5.74, 6) is -0.527. The number of ketones is 1. The van der Waals surface area contributed by atoms with Gasteiger partial charge >= 0.3 is 0 Å². The average Bonchev–Trinajstić information content (AvgIpc) is 1.86. The molecular weight excluding hydrogens is 222 g/mol. The zero-order valence-electron chi connectivity index (χ0n) is 6.07. The maximum atomic E-state index is 10.7. The van der Waals surface area contributed by atoms with Crippen LogP contribution in [0.25, 0.3) is 0 Å². The molecule has 66 valence electrons. The number of nitrogens with two attached hydrogens (primary N) is 1. The summed E-state index contributed by atoms with van der Waals surface area (Å²) < 4.78 is -1.91. The molecule has 0 unspecified atom stereocenters. The molecule has 0 saturated carbocycles. The van der Waals surface area contributed by atoms with Gasteiger partial charge in [-0.3, -0.25) is 4.79 Å². The van der Waals surface area contributed by atoms with Gasteiger partial charge in [-0.2, -0.15) is 5.26 Å². The van der Waals surface area contributed by atoms with E-state index in [0.29, 0.717) is 0 Å². The largest absolute Gasteiger partial charge is 0.397 e. The van der Waals surface area contributed by atoms with Crippen LogP contribution in [0.1, 0.15) is 6.92 Å². The van der Waals surface area contributed by atoms with E-state index in [0.717, 1.165) is 0 Å². The molecule has 0 saturated heterocycles. The van der Waals surface area contributed by atoms with Crippen molar-refractivity contribution < 1.29 is 4.79 Å². The lowest BCUT2D eigenvalue weighted by Crippen LogP contribution is -2.20. The van der Waals surface area contributed by atoms with Crippen molar-refractivity contribution in [1.29, 1.82) is 5.26 Å². The van der Waals surface area contributed by atoms with Crippen molar-refractivity contribution in [1.82, 2.24) is 0 Å². The molecular formula is C6H5Cl3N2O. The molecule has 0 rings (SSSR count). The number of alkyl halides is 3. The van der Waals surface area contributed by atoms with E-state index in [1.807, 2.05) is 0 Å². The monoisotopic (exact) mass is 226 g/mol. The molecule has 0 fully saturated rings. The minimum Gasteiger partial charge on any atom is -0.397 e. The zero-order valence-corrected chi connectivity index (χ0v) is 8.33. The van der Waals surface area contributed by atoms with Gasteiger partial charge in [-0.25, -0.2) is 0 Å². The molecule has 0 bridgehead atoms. The fraction of sp³-hybridized carbons (Fsp3) is 0.333. The molecule has 0 aliphatic carbocycles. The van der Waals surface area contributed by atoms with Gasteiger partial charge in [0.05, 0.1) is 5.70 Å². The minimum absolute atomic E-state index is 0.324. The summed E-state index contributed by atoms with van der Waals surface area (Å²) in [6.07, 6.45) is 0. The fourth-order valence-corrected chi connectivity index (χ4v) is 0.754. The molecule has 0 aromatic carbocycles. The Balaban J connectivity index is 5.17. The van der Waals surface area contributed by atoms with Gasteiger partial charge in [0, 0.05) is 0 Å². The van der Waals surface area contributed by atoms with E-state index in [1.54, 1.807) is 6.07 Å².